The van der Waals surface area contributed by atoms with Crippen LogP contribution in [0.2, 0.25) is 0 Å². The number of ether oxygens (including phenoxy) is 2. The molecule has 0 fully saturated rings. The van der Waals surface area contributed by atoms with E-state index in [4.69, 9.17) is 19.7 Å². The zero-order valence-electron chi connectivity index (χ0n) is 11.5. The Morgan fingerprint density at radius 2 is 2.00 bits per heavy atom. The highest BCUT2D eigenvalue weighted by molar-refractivity contribution is 5.72. The Morgan fingerprint density at radius 1 is 1.26 bits per heavy atom. The number of aryl methyl sites for hydroxylation is 1. The van der Waals surface area contributed by atoms with Crippen LogP contribution >= 0.6 is 0 Å². The zero-order valence-corrected chi connectivity index (χ0v) is 11.5. The molecule has 0 aliphatic carbocycles. The molecule has 0 radical (unpaired) electrons. The maximum atomic E-state index is 5.48. The molecule has 6 nitrogen and oxygen atoms in total. The van der Waals surface area contributed by atoms with Crippen LogP contribution in [-0.2, 0) is 6.54 Å². The van der Waals surface area contributed by atoms with Crippen molar-refractivity contribution < 1.29 is 14.0 Å². The molecule has 0 aliphatic heterocycles. The van der Waals surface area contributed by atoms with E-state index in [2.05, 4.69) is 10.1 Å². The largest absolute Gasteiger partial charge is 0.496 e. The van der Waals surface area contributed by atoms with Crippen LogP contribution in [-0.4, -0.2) is 24.4 Å². The Bertz CT molecular complexity index is 593. The number of methoxy groups -OCH3 is 2. The van der Waals surface area contributed by atoms with E-state index in [1.165, 1.54) is 0 Å². The van der Waals surface area contributed by atoms with Crippen LogP contribution in [0.3, 0.4) is 0 Å². The van der Waals surface area contributed by atoms with Gasteiger partial charge in [0.2, 0.25) is 11.7 Å². The summed E-state index contributed by atoms with van der Waals surface area (Å²) in [5.74, 6) is 2.31. The topological polar surface area (TPSA) is 83.4 Å². The van der Waals surface area contributed by atoms with E-state index in [9.17, 15) is 0 Å². The Labute approximate surface area is 111 Å². The number of hydrogen-bond acceptors (Lipinski definition) is 6. The average Bonchev–Trinajstić information content (AvgIpc) is 2.88. The standard InChI is InChI=1S/C13H17N3O3/c1-7-5-9(17-3)8(2)12(18-4)11(7)13-15-10(6-14)19-16-13/h5H,6,14H2,1-4H3. The molecule has 0 saturated heterocycles. The van der Waals surface area contributed by atoms with Crippen LogP contribution in [0.5, 0.6) is 11.5 Å². The smallest absolute Gasteiger partial charge is 0.240 e. The van der Waals surface area contributed by atoms with Crippen molar-refractivity contribution in [3.05, 3.63) is 23.1 Å². The summed E-state index contributed by atoms with van der Waals surface area (Å²) < 4.78 is 15.8. The van der Waals surface area contributed by atoms with Crippen LogP contribution in [0.25, 0.3) is 11.4 Å². The highest BCUT2D eigenvalue weighted by Gasteiger charge is 2.20. The minimum absolute atomic E-state index is 0.212. The molecule has 0 saturated carbocycles. The fraction of sp³-hybridized carbons (Fsp3) is 0.385. The minimum Gasteiger partial charge on any atom is -0.496 e. The second-order valence-electron chi connectivity index (χ2n) is 4.14. The summed E-state index contributed by atoms with van der Waals surface area (Å²) in [6.07, 6.45) is 0. The maximum absolute atomic E-state index is 5.48. The fourth-order valence-corrected chi connectivity index (χ4v) is 2.04. The van der Waals surface area contributed by atoms with Gasteiger partial charge in [-0.15, -0.1) is 0 Å². The molecule has 0 atom stereocenters. The molecule has 0 amide bonds. The van der Waals surface area contributed by atoms with Gasteiger partial charge in [0.05, 0.1) is 26.3 Å². The van der Waals surface area contributed by atoms with Crippen molar-refractivity contribution in [3.8, 4) is 22.9 Å². The number of hydrogen-bond donors (Lipinski definition) is 1. The molecule has 6 heteroatoms. The van der Waals surface area contributed by atoms with Crippen LogP contribution in [0, 0.1) is 13.8 Å². The summed E-state index contributed by atoms with van der Waals surface area (Å²) in [5.41, 5.74) is 8.11. The molecule has 1 aromatic carbocycles. The highest BCUT2D eigenvalue weighted by atomic mass is 16.5. The maximum Gasteiger partial charge on any atom is 0.240 e. The molecule has 0 aliphatic rings. The van der Waals surface area contributed by atoms with Gasteiger partial charge in [0.1, 0.15) is 11.5 Å². The Kier molecular flexibility index (Phi) is 3.71. The highest BCUT2D eigenvalue weighted by Crippen LogP contribution is 2.39. The zero-order chi connectivity index (χ0) is 14.0. The molecular weight excluding hydrogens is 246 g/mol. The van der Waals surface area contributed by atoms with Gasteiger partial charge in [-0.05, 0) is 25.5 Å². The number of rotatable bonds is 4. The first kappa shape index (κ1) is 13.4. The summed E-state index contributed by atoms with van der Waals surface area (Å²) in [6.45, 7) is 4.08. The third kappa shape index (κ3) is 2.26. The van der Waals surface area contributed by atoms with Crippen molar-refractivity contribution in [1.82, 2.24) is 10.1 Å². The van der Waals surface area contributed by atoms with E-state index in [1.54, 1.807) is 14.2 Å². The number of nitrogens with two attached hydrogens (primary N) is 1. The van der Waals surface area contributed by atoms with E-state index in [1.807, 2.05) is 19.9 Å². The van der Waals surface area contributed by atoms with Crippen molar-refractivity contribution in [2.45, 2.75) is 20.4 Å². The fourth-order valence-electron chi connectivity index (χ4n) is 2.04. The third-order valence-corrected chi connectivity index (χ3v) is 2.97. The predicted molar refractivity (Wildman–Crippen MR) is 70.2 cm³/mol. The number of benzene rings is 1. The molecular formula is C13H17N3O3. The van der Waals surface area contributed by atoms with Crippen LogP contribution in [0.15, 0.2) is 10.6 Å². The molecule has 1 heterocycles. The van der Waals surface area contributed by atoms with Gasteiger partial charge in [0, 0.05) is 5.56 Å². The molecule has 0 unspecified atom stereocenters. The van der Waals surface area contributed by atoms with Crippen molar-refractivity contribution >= 4 is 0 Å². The van der Waals surface area contributed by atoms with E-state index >= 15 is 0 Å². The van der Waals surface area contributed by atoms with Gasteiger partial charge in [0.15, 0.2) is 0 Å². The Morgan fingerprint density at radius 3 is 2.53 bits per heavy atom. The van der Waals surface area contributed by atoms with Gasteiger partial charge in [-0.2, -0.15) is 4.98 Å². The molecule has 0 bridgehead atoms. The Balaban J connectivity index is 2.65. The summed E-state index contributed by atoms with van der Waals surface area (Å²) in [5, 5.41) is 3.94. The van der Waals surface area contributed by atoms with Crippen LogP contribution in [0.4, 0.5) is 0 Å². The van der Waals surface area contributed by atoms with E-state index in [0.717, 1.165) is 22.4 Å². The molecule has 19 heavy (non-hydrogen) atoms. The molecule has 2 aromatic rings. The molecule has 2 N–H and O–H groups in total. The van der Waals surface area contributed by atoms with Crippen LogP contribution < -0.4 is 15.2 Å². The molecule has 102 valence electrons. The molecule has 0 spiro atoms. The predicted octanol–water partition coefficient (Wildman–Crippen LogP) is 1.83. The first-order valence-corrected chi connectivity index (χ1v) is 5.87. The van der Waals surface area contributed by atoms with Gasteiger partial charge < -0.3 is 19.7 Å². The average molecular weight is 263 g/mol. The third-order valence-electron chi connectivity index (χ3n) is 2.97. The monoisotopic (exact) mass is 263 g/mol. The second-order valence-corrected chi connectivity index (χ2v) is 4.14. The summed E-state index contributed by atoms with van der Waals surface area (Å²) in [7, 11) is 3.23. The lowest BCUT2D eigenvalue weighted by atomic mass is 10.0. The first-order chi connectivity index (χ1) is 9.12. The van der Waals surface area contributed by atoms with Gasteiger partial charge in [0.25, 0.3) is 0 Å². The lowest BCUT2D eigenvalue weighted by Gasteiger charge is -2.15. The van der Waals surface area contributed by atoms with Crippen molar-refractivity contribution in [3.63, 3.8) is 0 Å². The van der Waals surface area contributed by atoms with E-state index in [-0.39, 0.29) is 6.54 Å². The SMILES string of the molecule is COc1cc(C)c(-c2noc(CN)n2)c(OC)c1C. The van der Waals surface area contributed by atoms with Gasteiger partial charge >= 0.3 is 0 Å². The normalized spacial score (nSPS) is 10.6. The minimum atomic E-state index is 0.212. The van der Waals surface area contributed by atoms with Crippen LogP contribution in [0.1, 0.15) is 17.0 Å². The van der Waals surface area contributed by atoms with Crippen molar-refractivity contribution in [1.29, 1.82) is 0 Å². The molecule has 1 aromatic heterocycles. The van der Waals surface area contributed by atoms with Crippen molar-refractivity contribution in [2.24, 2.45) is 5.73 Å². The summed E-state index contributed by atoms with van der Waals surface area (Å²) in [6, 6.07) is 1.92. The quantitative estimate of drug-likeness (QED) is 0.906. The van der Waals surface area contributed by atoms with E-state index < -0.39 is 0 Å². The summed E-state index contributed by atoms with van der Waals surface area (Å²) >= 11 is 0. The van der Waals surface area contributed by atoms with Gasteiger partial charge in [-0.3, -0.25) is 0 Å². The molecule has 2 rings (SSSR count). The Hall–Kier alpha value is -2.08. The summed E-state index contributed by atoms with van der Waals surface area (Å²) in [4.78, 5) is 4.24. The number of aromatic nitrogens is 2. The lowest BCUT2D eigenvalue weighted by molar-refractivity contribution is 0.378. The first-order valence-electron chi connectivity index (χ1n) is 5.87. The van der Waals surface area contributed by atoms with Gasteiger partial charge in [-0.1, -0.05) is 5.16 Å². The van der Waals surface area contributed by atoms with E-state index in [0.29, 0.717) is 17.5 Å². The second kappa shape index (κ2) is 5.27. The lowest BCUT2D eigenvalue weighted by Crippen LogP contribution is -1.99. The van der Waals surface area contributed by atoms with Gasteiger partial charge in [-0.25, -0.2) is 0 Å². The number of nitrogens with zero attached hydrogens (tertiary/aromatic N) is 2. The van der Waals surface area contributed by atoms with Crippen molar-refractivity contribution in [2.75, 3.05) is 14.2 Å².